The maximum atomic E-state index is 12.9. The molecule has 4 nitrogen and oxygen atoms in total. The number of amides is 1. The molecule has 45 heavy (non-hydrogen) atoms. The number of allylic oxidation sites excluding steroid dienone is 1. The van der Waals surface area contributed by atoms with Crippen molar-refractivity contribution < 1.29 is 14.3 Å². The van der Waals surface area contributed by atoms with Gasteiger partial charge in [-0.25, -0.2) is 0 Å². The Morgan fingerprint density at radius 3 is 1.42 bits per heavy atom. The second-order valence-electron chi connectivity index (χ2n) is 15.4. The fourth-order valence-electron chi connectivity index (χ4n) is 5.74. The lowest BCUT2D eigenvalue weighted by molar-refractivity contribution is -0.122. The lowest BCUT2D eigenvalue weighted by Crippen LogP contribution is -2.52. The van der Waals surface area contributed by atoms with Crippen molar-refractivity contribution in [2.45, 2.75) is 232 Å². The van der Waals surface area contributed by atoms with E-state index in [4.69, 9.17) is 4.43 Å². The zero-order valence-electron chi connectivity index (χ0n) is 31.7. The van der Waals surface area contributed by atoms with E-state index in [0.29, 0.717) is 6.42 Å². The number of aliphatic hydroxyl groups is 1. The van der Waals surface area contributed by atoms with Gasteiger partial charge in [0.25, 0.3) is 0 Å². The SMILES string of the molecule is CCCCCCCCCCCCC/C=C/[C@@H](O[Si](C)(C)C(C)(C)C)[C@H](CO)NC(=O)CCCCCCCCCCCCCCC. The van der Waals surface area contributed by atoms with Gasteiger partial charge in [-0.2, -0.15) is 0 Å². The Morgan fingerprint density at radius 2 is 1.04 bits per heavy atom. The molecule has 1 amide bonds. The lowest BCUT2D eigenvalue weighted by atomic mass is 10.0. The Morgan fingerprint density at radius 1 is 0.667 bits per heavy atom. The normalized spacial score (nSPS) is 13.9. The quantitative estimate of drug-likeness (QED) is 0.0432. The van der Waals surface area contributed by atoms with E-state index in [1.54, 1.807) is 0 Å². The Kier molecular flexibility index (Phi) is 29.1. The minimum Gasteiger partial charge on any atom is -0.408 e. The van der Waals surface area contributed by atoms with Gasteiger partial charge in [0.2, 0.25) is 5.91 Å². The van der Waals surface area contributed by atoms with E-state index >= 15 is 0 Å². The summed E-state index contributed by atoms with van der Waals surface area (Å²) < 4.78 is 6.76. The van der Waals surface area contributed by atoms with E-state index < -0.39 is 14.4 Å². The average molecular weight is 652 g/mol. The van der Waals surface area contributed by atoms with Crippen LogP contribution in [-0.2, 0) is 9.22 Å². The largest absolute Gasteiger partial charge is 0.408 e. The number of hydrogen-bond donors (Lipinski definition) is 2. The molecule has 0 unspecified atom stereocenters. The smallest absolute Gasteiger partial charge is 0.220 e. The molecule has 0 spiro atoms. The highest BCUT2D eigenvalue weighted by molar-refractivity contribution is 6.74. The molecule has 0 aliphatic heterocycles. The van der Waals surface area contributed by atoms with Crippen molar-refractivity contribution in [3.05, 3.63) is 12.2 Å². The number of unbranched alkanes of at least 4 members (excludes halogenated alkanes) is 23. The van der Waals surface area contributed by atoms with Crippen LogP contribution in [0.1, 0.15) is 202 Å². The fourth-order valence-corrected chi connectivity index (χ4v) is 7.02. The highest BCUT2D eigenvalue weighted by Crippen LogP contribution is 2.37. The van der Waals surface area contributed by atoms with Gasteiger partial charge >= 0.3 is 0 Å². The standard InChI is InChI=1S/C40H81NO3Si/c1-8-10-12-14-16-18-20-22-24-26-28-30-32-34-38(44-45(6,7)40(3,4)5)37(36-42)41-39(43)35-33-31-29-27-25-23-21-19-17-15-13-11-9-2/h32,34,37-38,42H,8-31,33,35-36H2,1-7H3,(H,41,43)/b34-32+/t37-,38+/m0/s1. The van der Waals surface area contributed by atoms with Gasteiger partial charge in [0, 0.05) is 6.42 Å². The molecule has 5 heteroatoms. The molecule has 0 aliphatic carbocycles. The van der Waals surface area contributed by atoms with Gasteiger partial charge in [-0.3, -0.25) is 4.79 Å². The molecular weight excluding hydrogens is 571 g/mol. The molecule has 0 aromatic rings. The van der Waals surface area contributed by atoms with Crippen LogP contribution in [0.15, 0.2) is 12.2 Å². The molecule has 0 fully saturated rings. The number of hydrogen-bond acceptors (Lipinski definition) is 3. The average Bonchev–Trinajstić information content (AvgIpc) is 2.99. The van der Waals surface area contributed by atoms with E-state index in [-0.39, 0.29) is 23.7 Å². The zero-order chi connectivity index (χ0) is 33.7. The lowest BCUT2D eigenvalue weighted by Gasteiger charge is -2.40. The molecular formula is C40H81NO3Si. The van der Waals surface area contributed by atoms with Crippen LogP contribution < -0.4 is 5.32 Å². The molecule has 268 valence electrons. The van der Waals surface area contributed by atoms with Crippen molar-refractivity contribution in [2.24, 2.45) is 0 Å². The van der Waals surface area contributed by atoms with Crippen LogP contribution in [0.5, 0.6) is 0 Å². The van der Waals surface area contributed by atoms with Gasteiger partial charge in [-0.1, -0.05) is 188 Å². The predicted molar refractivity (Wildman–Crippen MR) is 202 cm³/mol. The number of carbonyl (C=O) groups excluding carboxylic acids is 1. The molecule has 0 saturated heterocycles. The summed E-state index contributed by atoms with van der Waals surface area (Å²) in [6.45, 7) is 15.7. The van der Waals surface area contributed by atoms with Gasteiger partial charge < -0.3 is 14.8 Å². The first-order chi connectivity index (χ1) is 21.6. The Hall–Kier alpha value is -0.653. The third kappa shape index (κ3) is 26.0. The van der Waals surface area contributed by atoms with Gasteiger partial charge in [-0.05, 0) is 37.4 Å². The van der Waals surface area contributed by atoms with Crippen LogP contribution in [0.25, 0.3) is 0 Å². The van der Waals surface area contributed by atoms with E-state index in [2.05, 4.69) is 65.2 Å². The molecule has 2 N–H and O–H groups in total. The Balaban J connectivity index is 4.46. The first-order valence-electron chi connectivity index (χ1n) is 19.8. The molecule has 0 radical (unpaired) electrons. The molecule has 0 rings (SSSR count). The molecule has 0 aromatic heterocycles. The number of nitrogens with one attached hydrogen (secondary N) is 1. The molecule has 0 bridgehead atoms. The van der Waals surface area contributed by atoms with Crippen LogP contribution in [-0.4, -0.2) is 38.1 Å². The Labute approximate surface area is 283 Å². The van der Waals surface area contributed by atoms with Crippen LogP contribution >= 0.6 is 0 Å². The molecule has 0 aliphatic rings. The third-order valence-corrected chi connectivity index (χ3v) is 14.5. The summed E-state index contributed by atoms with van der Waals surface area (Å²) in [7, 11) is -2.08. The maximum Gasteiger partial charge on any atom is 0.220 e. The van der Waals surface area contributed by atoms with E-state index in [0.717, 1.165) is 19.3 Å². The summed E-state index contributed by atoms with van der Waals surface area (Å²) in [5, 5.41) is 13.5. The van der Waals surface area contributed by atoms with Gasteiger partial charge in [0.1, 0.15) is 0 Å². The first kappa shape index (κ1) is 44.3. The van der Waals surface area contributed by atoms with E-state index in [9.17, 15) is 9.90 Å². The second-order valence-corrected chi connectivity index (χ2v) is 20.2. The van der Waals surface area contributed by atoms with E-state index in [1.165, 1.54) is 141 Å². The number of rotatable bonds is 32. The van der Waals surface area contributed by atoms with Gasteiger partial charge in [-0.15, -0.1) is 0 Å². The summed E-state index contributed by atoms with van der Waals surface area (Å²) in [5.74, 6) is 0.0414. The zero-order valence-corrected chi connectivity index (χ0v) is 32.7. The van der Waals surface area contributed by atoms with Crippen molar-refractivity contribution in [3.63, 3.8) is 0 Å². The molecule has 2 atom stereocenters. The van der Waals surface area contributed by atoms with Crippen LogP contribution in [0, 0.1) is 0 Å². The van der Waals surface area contributed by atoms with Crippen LogP contribution in [0.2, 0.25) is 18.1 Å². The van der Waals surface area contributed by atoms with Crippen molar-refractivity contribution in [3.8, 4) is 0 Å². The summed E-state index contributed by atoms with van der Waals surface area (Å²) in [6.07, 6.45) is 37.4. The predicted octanol–water partition coefficient (Wildman–Crippen LogP) is 12.6. The topological polar surface area (TPSA) is 58.6 Å². The first-order valence-corrected chi connectivity index (χ1v) is 22.7. The van der Waals surface area contributed by atoms with Gasteiger partial charge in [0.05, 0.1) is 18.8 Å². The highest BCUT2D eigenvalue weighted by Gasteiger charge is 2.40. The van der Waals surface area contributed by atoms with E-state index in [1.807, 2.05) is 0 Å². The summed E-state index contributed by atoms with van der Waals surface area (Å²) in [6, 6.07) is -0.401. The highest BCUT2D eigenvalue weighted by atomic mass is 28.4. The van der Waals surface area contributed by atoms with Crippen LogP contribution in [0.4, 0.5) is 0 Å². The van der Waals surface area contributed by atoms with Crippen molar-refractivity contribution in [2.75, 3.05) is 6.61 Å². The number of carbonyl (C=O) groups is 1. The molecule has 0 aromatic carbocycles. The third-order valence-electron chi connectivity index (χ3n) is 9.98. The van der Waals surface area contributed by atoms with Gasteiger partial charge in [0.15, 0.2) is 8.32 Å². The summed E-state index contributed by atoms with van der Waals surface area (Å²) in [5.41, 5.74) is 0. The fraction of sp³-hybridized carbons (Fsp3) is 0.925. The monoisotopic (exact) mass is 652 g/mol. The molecule has 0 heterocycles. The van der Waals surface area contributed by atoms with Crippen molar-refractivity contribution in [1.82, 2.24) is 5.32 Å². The van der Waals surface area contributed by atoms with Crippen molar-refractivity contribution >= 4 is 14.2 Å². The maximum absolute atomic E-state index is 12.9. The Bertz CT molecular complexity index is 688. The minimum absolute atomic E-state index is 0.0414. The number of aliphatic hydroxyl groups excluding tert-OH is 1. The second kappa shape index (κ2) is 29.5. The minimum atomic E-state index is -2.08. The van der Waals surface area contributed by atoms with Crippen LogP contribution in [0.3, 0.4) is 0 Å². The summed E-state index contributed by atoms with van der Waals surface area (Å²) >= 11 is 0. The molecule has 0 saturated carbocycles. The summed E-state index contributed by atoms with van der Waals surface area (Å²) in [4.78, 5) is 12.9. The van der Waals surface area contributed by atoms with Crippen molar-refractivity contribution in [1.29, 1.82) is 0 Å².